The number of carbonyl (C=O) groups is 2. The van der Waals surface area contributed by atoms with Crippen LogP contribution in [0.15, 0.2) is 0 Å². The Labute approximate surface area is 102 Å². The first kappa shape index (κ1) is 12.4. The van der Waals surface area contributed by atoms with E-state index in [9.17, 15) is 9.59 Å². The second-order valence-electron chi connectivity index (χ2n) is 5.73. The molecule has 0 saturated heterocycles. The number of aliphatic carboxylic acids is 1. The van der Waals surface area contributed by atoms with Gasteiger partial charge in [0, 0.05) is 12.6 Å². The van der Waals surface area contributed by atoms with Gasteiger partial charge in [0.1, 0.15) is 0 Å². The van der Waals surface area contributed by atoms with Crippen LogP contribution in [0.5, 0.6) is 0 Å². The third-order valence-corrected chi connectivity index (χ3v) is 3.64. The number of carboxylic acids is 1. The van der Waals surface area contributed by atoms with Crippen LogP contribution in [-0.4, -0.2) is 34.5 Å². The lowest BCUT2D eigenvalue weighted by atomic mass is 10.1. The summed E-state index contributed by atoms with van der Waals surface area (Å²) >= 11 is 0. The molecule has 4 nitrogen and oxygen atoms in total. The van der Waals surface area contributed by atoms with E-state index in [2.05, 4.69) is 13.8 Å². The van der Waals surface area contributed by atoms with Crippen molar-refractivity contribution >= 4 is 11.9 Å². The third kappa shape index (κ3) is 2.99. The van der Waals surface area contributed by atoms with E-state index in [1.54, 1.807) is 0 Å². The van der Waals surface area contributed by atoms with E-state index in [4.69, 9.17) is 5.11 Å². The van der Waals surface area contributed by atoms with Crippen LogP contribution in [0.1, 0.15) is 39.5 Å². The highest BCUT2D eigenvalue weighted by Gasteiger charge is 2.51. The van der Waals surface area contributed by atoms with Gasteiger partial charge in [-0.3, -0.25) is 9.59 Å². The molecule has 2 aliphatic carbocycles. The summed E-state index contributed by atoms with van der Waals surface area (Å²) in [7, 11) is 0. The predicted octanol–water partition coefficient (Wildman–Crippen LogP) is 1.74. The van der Waals surface area contributed by atoms with Gasteiger partial charge in [-0.15, -0.1) is 0 Å². The molecule has 0 aromatic heterocycles. The van der Waals surface area contributed by atoms with E-state index in [1.165, 1.54) is 0 Å². The van der Waals surface area contributed by atoms with Crippen molar-refractivity contribution in [1.29, 1.82) is 0 Å². The molecule has 1 N–H and O–H groups in total. The van der Waals surface area contributed by atoms with Gasteiger partial charge in [0.05, 0.1) is 11.8 Å². The quantitative estimate of drug-likeness (QED) is 0.768. The Morgan fingerprint density at radius 2 is 1.94 bits per heavy atom. The molecule has 0 aromatic carbocycles. The van der Waals surface area contributed by atoms with Gasteiger partial charge in [-0.2, -0.15) is 0 Å². The maximum atomic E-state index is 12.2. The molecule has 0 unspecified atom stereocenters. The number of hydrogen-bond donors (Lipinski definition) is 1. The van der Waals surface area contributed by atoms with Crippen LogP contribution in [0.4, 0.5) is 0 Å². The average Bonchev–Trinajstić information content (AvgIpc) is 3.11. The van der Waals surface area contributed by atoms with Crippen LogP contribution in [0, 0.1) is 17.8 Å². The SMILES string of the molecule is CC(C)CCN(C(=O)[C@@H]1C[C@@H]1C(=O)O)C1CC1. The topological polar surface area (TPSA) is 57.6 Å². The molecule has 0 aliphatic heterocycles. The first-order valence-electron chi connectivity index (χ1n) is 6.54. The van der Waals surface area contributed by atoms with Crippen molar-refractivity contribution in [2.24, 2.45) is 17.8 Å². The molecule has 2 atom stereocenters. The Kier molecular flexibility index (Phi) is 3.40. The summed E-state index contributed by atoms with van der Waals surface area (Å²) < 4.78 is 0. The van der Waals surface area contributed by atoms with Crippen molar-refractivity contribution in [3.8, 4) is 0 Å². The van der Waals surface area contributed by atoms with Gasteiger partial charge < -0.3 is 10.0 Å². The van der Waals surface area contributed by atoms with E-state index >= 15 is 0 Å². The molecule has 0 aromatic rings. The third-order valence-electron chi connectivity index (χ3n) is 3.64. The highest BCUT2D eigenvalue weighted by molar-refractivity contribution is 5.89. The smallest absolute Gasteiger partial charge is 0.307 e. The number of carbonyl (C=O) groups excluding carboxylic acids is 1. The molecule has 1 amide bonds. The summed E-state index contributed by atoms with van der Waals surface area (Å²) in [6, 6.07) is 0.399. The van der Waals surface area contributed by atoms with Crippen LogP contribution >= 0.6 is 0 Å². The molecule has 4 heteroatoms. The van der Waals surface area contributed by atoms with Gasteiger partial charge in [0.25, 0.3) is 0 Å². The predicted molar refractivity (Wildman–Crippen MR) is 63.4 cm³/mol. The minimum atomic E-state index is -0.817. The molecule has 0 heterocycles. The van der Waals surface area contributed by atoms with Crippen molar-refractivity contribution < 1.29 is 14.7 Å². The second kappa shape index (κ2) is 4.67. The molecule has 96 valence electrons. The Balaban J connectivity index is 1.88. The van der Waals surface area contributed by atoms with Gasteiger partial charge in [-0.05, 0) is 31.6 Å². The van der Waals surface area contributed by atoms with Crippen LogP contribution in [-0.2, 0) is 9.59 Å². The number of nitrogens with zero attached hydrogens (tertiary/aromatic N) is 1. The van der Waals surface area contributed by atoms with Crippen LogP contribution < -0.4 is 0 Å². The lowest BCUT2D eigenvalue weighted by Crippen LogP contribution is -2.36. The number of carboxylic acid groups (broad SMARTS) is 1. The molecule has 2 rings (SSSR count). The number of rotatable bonds is 6. The molecule has 2 fully saturated rings. The van der Waals surface area contributed by atoms with E-state index in [-0.39, 0.29) is 11.8 Å². The molecule has 0 bridgehead atoms. The van der Waals surface area contributed by atoms with Crippen molar-refractivity contribution in [1.82, 2.24) is 4.90 Å². The molecule has 0 spiro atoms. The fraction of sp³-hybridized carbons (Fsp3) is 0.846. The average molecular weight is 239 g/mol. The zero-order chi connectivity index (χ0) is 12.6. The van der Waals surface area contributed by atoms with E-state index in [0.717, 1.165) is 25.8 Å². The standard InChI is InChI=1S/C13H21NO3/c1-8(2)5-6-14(9-3-4-9)12(15)10-7-11(10)13(16)17/h8-11H,3-7H2,1-2H3,(H,16,17)/t10-,11+/m1/s1. The molecular weight excluding hydrogens is 218 g/mol. The van der Waals surface area contributed by atoms with Gasteiger partial charge in [0.15, 0.2) is 0 Å². The minimum Gasteiger partial charge on any atom is -0.481 e. The fourth-order valence-corrected chi connectivity index (χ4v) is 2.21. The van der Waals surface area contributed by atoms with Crippen LogP contribution in [0.3, 0.4) is 0 Å². The van der Waals surface area contributed by atoms with E-state index in [1.807, 2.05) is 4.90 Å². The van der Waals surface area contributed by atoms with Gasteiger partial charge >= 0.3 is 5.97 Å². The summed E-state index contributed by atoms with van der Waals surface area (Å²) in [6.45, 7) is 5.09. The van der Waals surface area contributed by atoms with Crippen molar-refractivity contribution in [3.05, 3.63) is 0 Å². The largest absolute Gasteiger partial charge is 0.481 e. The van der Waals surface area contributed by atoms with E-state index in [0.29, 0.717) is 18.4 Å². The summed E-state index contributed by atoms with van der Waals surface area (Å²) in [5.74, 6) is -0.801. The minimum absolute atomic E-state index is 0.0838. The zero-order valence-corrected chi connectivity index (χ0v) is 10.6. The number of amides is 1. The normalized spacial score (nSPS) is 27.0. The monoisotopic (exact) mass is 239 g/mol. The van der Waals surface area contributed by atoms with Gasteiger partial charge in [-0.1, -0.05) is 13.8 Å². The van der Waals surface area contributed by atoms with Crippen molar-refractivity contribution in [2.75, 3.05) is 6.54 Å². The molecule has 0 radical (unpaired) electrons. The highest BCUT2D eigenvalue weighted by atomic mass is 16.4. The Morgan fingerprint density at radius 1 is 1.29 bits per heavy atom. The lowest BCUT2D eigenvalue weighted by Gasteiger charge is -2.23. The Morgan fingerprint density at radius 3 is 2.35 bits per heavy atom. The summed E-state index contributed by atoms with van der Waals surface area (Å²) in [6.07, 6.45) is 3.73. The fourth-order valence-electron chi connectivity index (χ4n) is 2.21. The first-order valence-corrected chi connectivity index (χ1v) is 6.54. The second-order valence-corrected chi connectivity index (χ2v) is 5.73. The molecule has 2 saturated carbocycles. The number of hydrogen-bond acceptors (Lipinski definition) is 2. The molecular formula is C13H21NO3. The van der Waals surface area contributed by atoms with E-state index < -0.39 is 11.9 Å². The van der Waals surface area contributed by atoms with Crippen molar-refractivity contribution in [3.63, 3.8) is 0 Å². The van der Waals surface area contributed by atoms with Crippen LogP contribution in [0.2, 0.25) is 0 Å². The molecule has 17 heavy (non-hydrogen) atoms. The molecule has 2 aliphatic rings. The summed E-state index contributed by atoms with van der Waals surface area (Å²) in [5.41, 5.74) is 0. The van der Waals surface area contributed by atoms with Crippen molar-refractivity contribution in [2.45, 2.75) is 45.6 Å². The summed E-state index contributed by atoms with van der Waals surface area (Å²) in [4.78, 5) is 24.9. The lowest BCUT2D eigenvalue weighted by molar-refractivity contribution is -0.142. The summed E-state index contributed by atoms with van der Waals surface area (Å²) in [5, 5.41) is 8.86. The maximum absolute atomic E-state index is 12.2. The Hall–Kier alpha value is -1.06. The zero-order valence-electron chi connectivity index (χ0n) is 10.6. The van der Waals surface area contributed by atoms with Gasteiger partial charge in [-0.25, -0.2) is 0 Å². The Bertz CT molecular complexity index is 323. The van der Waals surface area contributed by atoms with Gasteiger partial charge in [0.2, 0.25) is 5.91 Å². The first-order chi connectivity index (χ1) is 8.00. The highest BCUT2D eigenvalue weighted by Crippen LogP contribution is 2.42. The maximum Gasteiger partial charge on any atom is 0.307 e. The van der Waals surface area contributed by atoms with Crippen LogP contribution in [0.25, 0.3) is 0 Å².